The van der Waals surface area contributed by atoms with Gasteiger partial charge < -0.3 is 20.4 Å². The van der Waals surface area contributed by atoms with Gasteiger partial charge >= 0.3 is 0 Å². The molecular weight excluding hydrogens is 409 g/mol. The summed E-state index contributed by atoms with van der Waals surface area (Å²) in [5.74, 6) is -0.535. The van der Waals surface area contributed by atoms with Gasteiger partial charge in [0.25, 0.3) is 5.91 Å². The Morgan fingerprint density at radius 2 is 1.69 bits per heavy atom. The standard InChI is InChI=1S/C21H21Cl2N5O/c1-27-8-10-28(11-9-27)18-5-2-16(3-6-18)25-14-15(13-24)21(29)26-17-4-7-19(22)20(23)12-17/h2-7,12,14,25H,8-11H2,1H3,(H,26,29)/b15-14-. The normalized spacial score (nSPS) is 15.0. The molecule has 150 valence electrons. The van der Waals surface area contributed by atoms with Crippen molar-refractivity contribution in [1.82, 2.24) is 4.90 Å². The molecule has 0 aromatic heterocycles. The van der Waals surface area contributed by atoms with Crippen molar-refractivity contribution in [2.45, 2.75) is 0 Å². The summed E-state index contributed by atoms with van der Waals surface area (Å²) in [6.07, 6.45) is 1.39. The van der Waals surface area contributed by atoms with Crippen LogP contribution in [0.15, 0.2) is 54.2 Å². The summed E-state index contributed by atoms with van der Waals surface area (Å²) >= 11 is 11.8. The van der Waals surface area contributed by atoms with Crippen molar-refractivity contribution in [3.8, 4) is 6.07 Å². The maximum absolute atomic E-state index is 12.3. The van der Waals surface area contributed by atoms with Gasteiger partial charge in [-0.1, -0.05) is 23.2 Å². The molecule has 1 amide bonds. The quantitative estimate of drug-likeness (QED) is 0.550. The number of carbonyl (C=O) groups is 1. The van der Waals surface area contributed by atoms with Crippen LogP contribution in [0.25, 0.3) is 0 Å². The molecule has 29 heavy (non-hydrogen) atoms. The van der Waals surface area contributed by atoms with Gasteiger partial charge in [-0.05, 0) is 49.5 Å². The van der Waals surface area contributed by atoms with Crippen molar-refractivity contribution < 1.29 is 4.79 Å². The van der Waals surface area contributed by atoms with Gasteiger partial charge in [0.1, 0.15) is 11.6 Å². The zero-order chi connectivity index (χ0) is 20.8. The molecule has 0 spiro atoms. The van der Waals surface area contributed by atoms with E-state index in [1.807, 2.05) is 30.3 Å². The maximum Gasteiger partial charge on any atom is 0.267 e. The lowest BCUT2D eigenvalue weighted by molar-refractivity contribution is -0.112. The largest absolute Gasteiger partial charge is 0.369 e. The number of halogens is 2. The van der Waals surface area contributed by atoms with E-state index in [0.29, 0.717) is 15.7 Å². The molecule has 8 heteroatoms. The molecule has 0 aliphatic carbocycles. The van der Waals surface area contributed by atoms with Gasteiger partial charge in [0.05, 0.1) is 10.0 Å². The van der Waals surface area contributed by atoms with E-state index < -0.39 is 5.91 Å². The number of nitrogens with zero attached hydrogens (tertiary/aromatic N) is 3. The van der Waals surface area contributed by atoms with E-state index in [1.54, 1.807) is 12.1 Å². The fraction of sp³-hybridized carbons (Fsp3) is 0.238. The first-order chi connectivity index (χ1) is 14.0. The van der Waals surface area contributed by atoms with Crippen molar-refractivity contribution in [3.05, 3.63) is 64.3 Å². The molecule has 6 nitrogen and oxygen atoms in total. The Bertz CT molecular complexity index is 945. The number of amides is 1. The topological polar surface area (TPSA) is 71.4 Å². The van der Waals surface area contributed by atoms with Gasteiger partial charge in [-0.2, -0.15) is 5.26 Å². The van der Waals surface area contributed by atoms with E-state index in [0.717, 1.165) is 37.6 Å². The summed E-state index contributed by atoms with van der Waals surface area (Å²) in [5.41, 5.74) is 2.35. The molecule has 0 unspecified atom stereocenters. The molecular formula is C21H21Cl2N5O. The van der Waals surface area contributed by atoms with Crippen LogP contribution >= 0.6 is 23.2 Å². The maximum atomic E-state index is 12.3. The Kier molecular flexibility index (Phi) is 6.99. The average Bonchev–Trinajstić information content (AvgIpc) is 2.72. The van der Waals surface area contributed by atoms with E-state index in [1.165, 1.54) is 12.3 Å². The van der Waals surface area contributed by atoms with Crippen LogP contribution < -0.4 is 15.5 Å². The van der Waals surface area contributed by atoms with E-state index in [9.17, 15) is 10.1 Å². The second kappa shape index (κ2) is 9.66. The minimum Gasteiger partial charge on any atom is -0.369 e. The first-order valence-corrected chi connectivity index (χ1v) is 9.88. The predicted molar refractivity (Wildman–Crippen MR) is 119 cm³/mol. The summed E-state index contributed by atoms with van der Waals surface area (Å²) < 4.78 is 0. The molecule has 1 aliphatic rings. The Morgan fingerprint density at radius 3 is 2.31 bits per heavy atom. The Labute approximate surface area is 180 Å². The van der Waals surface area contributed by atoms with Crippen LogP contribution in [0.2, 0.25) is 10.0 Å². The SMILES string of the molecule is CN1CCN(c2ccc(N/C=C(/C#N)C(=O)Nc3ccc(Cl)c(Cl)c3)cc2)CC1. The second-order valence-corrected chi connectivity index (χ2v) is 7.55. The van der Waals surface area contributed by atoms with E-state index >= 15 is 0 Å². The highest BCUT2D eigenvalue weighted by Gasteiger charge is 2.14. The Hall–Kier alpha value is -2.72. The fourth-order valence-electron chi connectivity index (χ4n) is 2.91. The molecule has 1 fully saturated rings. The minimum absolute atomic E-state index is 0.0563. The highest BCUT2D eigenvalue weighted by atomic mass is 35.5. The zero-order valence-electron chi connectivity index (χ0n) is 16.0. The number of rotatable bonds is 5. The second-order valence-electron chi connectivity index (χ2n) is 6.73. The lowest BCUT2D eigenvalue weighted by atomic mass is 10.2. The van der Waals surface area contributed by atoms with Crippen molar-refractivity contribution in [1.29, 1.82) is 5.26 Å². The number of benzene rings is 2. The molecule has 1 saturated heterocycles. The van der Waals surface area contributed by atoms with Crippen LogP contribution in [0.3, 0.4) is 0 Å². The smallest absolute Gasteiger partial charge is 0.267 e. The van der Waals surface area contributed by atoms with Crippen LogP contribution in [-0.4, -0.2) is 44.0 Å². The van der Waals surface area contributed by atoms with Crippen LogP contribution in [0.4, 0.5) is 17.1 Å². The third-order valence-corrected chi connectivity index (χ3v) is 5.40. The minimum atomic E-state index is -0.535. The highest BCUT2D eigenvalue weighted by molar-refractivity contribution is 6.42. The molecule has 0 radical (unpaired) electrons. The van der Waals surface area contributed by atoms with Crippen molar-refractivity contribution in [2.75, 3.05) is 48.8 Å². The number of piperazine rings is 1. The van der Waals surface area contributed by atoms with Crippen molar-refractivity contribution in [2.24, 2.45) is 0 Å². The lowest BCUT2D eigenvalue weighted by Gasteiger charge is -2.34. The number of nitriles is 1. The molecule has 0 saturated carbocycles. The zero-order valence-corrected chi connectivity index (χ0v) is 17.5. The third-order valence-electron chi connectivity index (χ3n) is 4.66. The summed E-state index contributed by atoms with van der Waals surface area (Å²) in [4.78, 5) is 17.0. The van der Waals surface area contributed by atoms with Gasteiger partial charge in [-0.15, -0.1) is 0 Å². The summed E-state index contributed by atoms with van der Waals surface area (Å²) in [5, 5.41) is 15.7. The Morgan fingerprint density at radius 1 is 1.03 bits per heavy atom. The predicted octanol–water partition coefficient (Wildman–Crippen LogP) is 4.20. The molecule has 2 N–H and O–H groups in total. The first kappa shape index (κ1) is 21.0. The lowest BCUT2D eigenvalue weighted by Crippen LogP contribution is -2.44. The number of anilines is 3. The highest BCUT2D eigenvalue weighted by Crippen LogP contribution is 2.25. The van der Waals surface area contributed by atoms with Crippen molar-refractivity contribution >= 4 is 46.2 Å². The van der Waals surface area contributed by atoms with Crippen LogP contribution in [0, 0.1) is 11.3 Å². The molecule has 1 heterocycles. The Balaban J connectivity index is 1.61. The monoisotopic (exact) mass is 429 g/mol. The van der Waals surface area contributed by atoms with E-state index in [4.69, 9.17) is 23.2 Å². The average molecular weight is 430 g/mol. The van der Waals surface area contributed by atoms with Gasteiger partial charge in [-0.25, -0.2) is 0 Å². The molecule has 1 aliphatic heterocycles. The molecule has 0 bridgehead atoms. The van der Waals surface area contributed by atoms with E-state index in [-0.39, 0.29) is 5.57 Å². The summed E-state index contributed by atoms with van der Waals surface area (Å²) in [7, 11) is 2.13. The molecule has 2 aromatic rings. The number of hydrogen-bond donors (Lipinski definition) is 2. The number of likely N-dealkylation sites (N-methyl/N-ethyl adjacent to an activating group) is 1. The molecule has 0 atom stereocenters. The van der Waals surface area contributed by atoms with Crippen LogP contribution in [0.1, 0.15) is 0 Å². The number of hydrogen-bond acceptors (Lipinski definition) is 5. The van der Waals surface area contributed by atoms with Crippen LogP contribution in [-0.2, 0) is 4.79 Å². The molecule has 3 rings (SSSR count). The summed E-state index contributed by atoms with van der Waals surface area (Å²) in [6, 6.07) is 14.5. The fourth-order valence-corrected chi connectivity index (χ4v) is 3.21. The van der Waals surface area contributed by atoms with Gasteiger partial charge in [0, 0.05) is 49.4 Å². The van der Waals surface area contributed by atoms with E-state index in [2.05, 4.69) is 27.5 Å². The number of nitrogens with one attached hydrogen (secondary N) is 2. The molecule has 2 aromatic carbocycles. The third kappa shape index (κ3) is 5.64. The van der Waals surface area contributed by atoms with Gasteiger partial charge in [0.2, 0.25) is 0 Å². The summed E-state index contributed by atoms with van der Waals surface area (Å²) in [6.45, 7) is 4.08. The van der Waals surface area contributed by atoms with Gasteiger partial charge in [-0.3, -0.25) is 4.79 Å². The van der Waals surface area contributed by atoms with Crippen LogP contribution in [0.5, 0.6) is 0 Å². The van der Waals surface area contributed by atoms with Crippen molar-refractivity contribution in [3.63, 3.8) is 0 Å². The number of carbonyl (C=O) groups excluding carboxylic acids is 1. The van der Waals surface area contributed by atoms with Gasteiger partial charge in [0.15, 0.2) is 0 Å². The first-order valence-electron chi connectivity index (χ1n) is 9.13.